The molecule has 7 heteroatoms. The molecule has 0 aromatic carbocycles. The molecular weight excluding hydrogens is 252 g/mol. The van der Waals surface area contributed by atoms with Crippen molar-refractivity contribution in [3.05, 3.63) is 0 Å². The fraction of sp³-hybridized carbons (Fsp3) is 1.00. The predicted octanol–water partition coefficient (Wildman–Crippen LogP) is 0.0998. The summed E-state index contributed by atoms with van der Waals surface area (Å²) in [7, 11) is -1.76. The van der Waals surface area contributed by atoms with E-state index in [2.05, 4.69) is 4.72 Å². The SMILES string of the molecule is COC(C)CS(=O)(=O)NC(CN)C1CC1.Cl. The number of ether oxygens (including phenoxy) is 1. The van der Waals surface area contributed by atoms with Gasteiger partial charge in [0.15, 0.2) is 0 Å². The van der Waals surface area contributed by atoms with Crippen LogP contribution in [-0.2, 0) is 14.8 Å². The summed E-state index contributed by atoms with van der Waals surface area (Å²) in [6.45, 7) is 2.10. The summed E-state index contributed by atoms with van der Waals surface area (Å²) < 4.78 is 30.9. The van der Waals surface area contributed by atoms with Crippen molar-refractivity contribution < 1.29 is 13.2 Å². The Labute approximate surface area is 104 Å². The monoisotopic (exact) mass is 272 g/mol. The topological polar surface area (TPSA) is 81.4 Å². The van der Waals surface area contributed by atoms with E-state index in [1.165, 1.54) is 7.11 Å². The third-order valence-electron chi connectivity index (χ3n) is 2.63. The third-order valence-corrected chi connectivity index (χ3v) is 4.20. The summed E-state index contributed by atoms with van der Waals surface area (Å²) in [6.07, 6.45) is 1.86. The first-order valence-corrected chi connectivity index (χ1v) is 6.86. The van der Waals surface area contributed by atoms with Gasteiger partial charge in [0.05, 0.1) is 11.9 Å². The van der Waals surface area contributed by atoms with Crippen molar-refractivity contribution >= 4 is 22.4 Å². The van der Waals surface area contributed by atoms with E-state index in [0.717, 1.165) is 12.8 Å². The zero-order chi connectivity index (χ0) is 11.5. The molecule has 0 saturated heterocycles. The highest BCUT2D eigenvalue weighted by Crippen LogP contribution is 2.32. The fourth-order valence-electron chi connectivity index (χ4n) is 1.49. The minimum absolute atomic E-state index is 0. The molecule has 1 saturated carbocycles. The summed E-state index contributed by atoms with van der Waals surface area (Å²) in [5.41, 5.74) is 5.53. The van der Waals surface area contributed by atoms with Gasteiger partial charge in [0, 0.05) is 19.7 Å². The van der Waals surface area contributed by atoms with Crippen molar-refractivity contribution in [2.45, 2.75) is 31.9 Å². The molecule has 0 amide bonds. The molecule has 0 aromatic heterocycles. The lowest BCUT2D eigenvalue weighted by atomic mass is 10.2. The van der Waals surface area contributed by atoms with E-state index in [9.17, 15) is 8.42 Å². The summed E-state index contributed by atoms with van der Waals surface area (Å²) in [5.74, 6) is 0.426. The lowest BCUT2D eigenvalue weighted by Gasteiger charge is -2.17. The minimum atomic E-state index is -3.26. The smallest absolute Gasteiger partial charge is 0.214 e. The van der Waals surface area contributed by atoms with Gasteiger partial charge >= 0.3 is 0 Å². The molecule has 1 aliphatic rings. The van der Waals surface area contributed by atoms with Crippen LogP contribution in [0, 0.1) is 5.92 Å². The highest BCUT2D eigenvalue weighted by atomic mass is 35.5. The highest BCUT2D eigenvalue weighted by Gasteiger charge is 2.33. The van der Waals surface area contributed by atoms with E-state index in [4.69, 9.17) is 10.5 Å². The Balaban J connectivity index is 0.00000225. The van der Waals surface area contributed by atoms with E-state index in [1.807, 2.05) is 0 Å². The van der Waals surface area contributed by atoms with Crippen LogP contribution in [0.4, 0.5) is 0 Å². The molecule has 0 heterocycles. The van der Waals surface area contributed by atoms with Crippen molar-refractivity contribution in [3.63, 3.8) is 0 Å². The standard InChI is InChI=1S/C9H20N2O3S.ClH/c1-7(14-2)6-15(12,13)11-9(5-10)8-3-4-8;/h7-9,11H,3-6,10H2,1-2H3;1H. The second-order valence-corrected chi connectivity index (χ2v) is 5.92. The van der Waals surface area contributed by atoms with Crippen LogP contribution >= 0.6 is 12.4 Å². The van der Waals surface area contributed by atoms with Crippen molar-refractivity contribution in [1.29, 1.82) is 0 Å². The maximum absolute atomic E-state index is 11.7. The number of sulfonamides is 1. The van der Waals surface area contributed by atoms with Gasteiger partial charge in [0.25, 0.3) is 0 Å². The Morgan fingerprint density at radius 2 is 2.06 bits per heavy atom. The Kier molecular flexibility index (Phi) is 6.81. The molecular formula is C9H21ClN2O3S. The molecule has 16 heavy (non-hydrogen) atoms. The lowest BCUT2D eigenvalue weighted by molar-refractivity contribution is 0.136. The van der Waals surface area contributed by atoms with E-state index in [0.29, 0.717) is 12.5 Å². The molecule has 0 spiro atoms. The Bertz CT molecular complexity index is 293. The first-order chi connectivity index (χ1) is 6.98. The lowest BCUT2D eigenvalue weighted by Crippen LogP contribution is -2.44. The van der Waals surface area contributed by atoms with Gasteiger partial charge in [-0.3, -0.25) is 0 Å². The molecule has 2 unspecified atom stereocenters. The molecule has 2 atom stereocenters. The zero-order valence-electron chi connectivity index (χ0n) is 9.68. The van der Waals surface area contributed by atoms with E-state index in [-0.39, 0.29) is 30.3 Å². The van der Waals surface area contributed by atoms with Gasteiger partial charge in [-0.1, -0.05) is 0 Å². The van der Waals surface area contributed by atoms with Gasteiger partial charge < -0.3 is 10.5 Å². The number of rotatable bonds is 7. The molecule has 0 aliphatic heterocycles. The molecule has 3 N–H and O–H groups in total. The first-order valence-electron chi connectivity index (χ1n) is 5.21. The highest BCUT2D eigenvalue weighted by molar-refractivity contribution is 7.89. The van der Waals surface area contributed by atoms with Crippen LogP contribution in [-0.4, -0.2) is 40.0 Å². The van der Waals surface area contributed by atoms with Gasteiger partial charge in [-0.25, -0.2) is 13.1 Å². The fourth-order valence-corrected chi connectivity index (χ4v) is 3.09. The third kappa shape index (κ3) is 5.45. The average Bonchev–Trinajstić information content (AvgIpc) is 2.96. The van der Waals surface area contributed by atoms with Crippen molar-refractivity contribution in [2.24, 2.45) is 11.7 Å². The van der Waals surface area contributed by atoms with Gasteiger partial charge in [0.1, 0.15) is 0 Å². The van der Waals surface area contributed by atoms with E-state index < -0.39 is 10.0 Å². The Morgan fingerprint density at radius 3 is 2.44 bits per heavy atom. The number of methoxy groups -OCH3 is 1. The van der Waals surface area contributed by atoms with Crippen molar-refractivity contribution in [1.82, 2.24) is 4.72 Å². The van der Waals surface area contributed by atoms with Gasteiger partial charge in [-0.05, 0) is 25.7 Å². The molecule has 0 radical (unpaired) electrons. The largest absolute Gasteiger partial charge is 0.381 e. The van der Waals surface area contributed by atoms with Crippen molar-refractivity contribution in [2.75, 3.05) is 19.4 Å². The summed E-state index contributed by atoms with van der Waals surface area (Å²) in [6, 6.07) is -0.0981. The zero-order valence-corrected chi connectivity index (χ0v) is 11.3. The number of nitrogens with two attached hydrogens (primary N) is 1. The van der Waals surface area contributed by atoms with Gasteiger partial charge in [0.2, 0.25) is 10.0 Å². The number of nitrogens with one attached hydrogen (secondary N) is 1. The van der Waals surface area contributed by atoms with Crippen LogP contribution in [0.2, 0.25) is 0 Å². The molecule has 98 valence electrons. The maximum atomic E-state index is 11.7. The van der Waals surface area contributed by atoms with E-state index in [1.54, 1.807) is 6.92 Å². The molecule has 0 aromatic rings. The molecule has 1 aliphatic carbocycles. The van der Waals surface area contributed by atoms with Crippen LogP contribution in [0.25, 0.3) is 0 Å². The van der Waals surface area contributed by atoms with Crippen molar-refractivity contribution in [3.8, 4) is 0 Å². The predicted molar refractivity (Wildman–Crippen MR) is 66.2 cm³/mol. The summed E-state index contributed by atoms with van der Waals surface area (Å²) >= 11 is 0. The summed E-state index contributed by atoms with van der Waals surface area (Å²) in [5, 5.41) is 0. The second kappa shape index (κ2) is 6.76. The van der Waals surface area contributed by atoms with Gasteiger partial charge in [-0.15, -0.1) is 12.4 Å². The number of hydrogen-bond donors (Lipinski definition) is 2. The second-order valence-electron chi connectivity index (χ2n) is 4.13. The number of halogens is 1. The quantitative estimate of drug-likeness (QED) is 0.689. The molecule has 1 fully saturated rings. The molecule has 5 nitrogen and oxygen atoms in total. The van der Waals surface area contributed by atoms with Gasteiger partial charge in [-0.2, -0.15) is 0 Å². The van der Waals surface area contributed by atoms with Crippen LogP contribution in [0.15, 0.2) is 0 Å². The molecule has 0 bridgehead atoms. The molecule has 1 rings (SSSR count). The summed E-state index contributed by atoms with van der Waals surface area (Å²) in [4.78, 5) is 0. The normalized spacial score (nSPS) is 19.9. The number of hydrogen-bond acceptors (Lipinski definition) is 4. The Hall–Kier alpha value is 0.120. The van der Waals surface area contributed by atoms with Crippen LogP contribution in [0.1, 0.15) is 19.8 Å². The first kappa shape index (κ1) is 16.1. The van der Waals surface area contributed by atoms with Crippen LogP contribution < -0.4 is 10.5 Å². The van der Waals surface area contributed by atoms with Crippen LogP contribution in [0.5, 0.6) is 0 Å². The minimum Gasteiger partial charge on any atom is -0.381 e. The van der Waals surface area contributed by atoms with E-state index >= 15 is 0 Å². The Morgan fingerprint density at radius 1 is 1.50 bits per heavy atom. The average molecular weight is 273 g/mol. The maximum Gasteiger partial charge on any atom is 0.214 e. The van der Waals surface area contributed by atoms with Crippen LogP contribution in [0.3, 0.4) is 0 Å².